The van der Waals surface area contributed by atoms with Gasteiger partial charge in [0.05, 0.1) is 6.20 Å². The molecule has 0 atom stereocenters. The van der Waals surface area contributed by atoms with E-state index >= 15 is 0 Å². The average molecular weight is 247 g/mol. The minimum Gasteiger partial charge on any atom is -0.478 e. The number of hydrogen-bond acceptors (Lipinski definition) is 4. The Bertz CT molecular complexity index is 575. The Morgan fingerprint density at radius 3 is 2.83 bits per heavy atom. The SMILES string of the molecule is O=C(O)c1ccnnc1NCc1ccccc1F. The van der Waals surface area contributed by atoms with E-state index in [1.165, 1.54) is 18.3 Å². The molecule has 92 valence electrons. The summed E-state index contributed by atoms with van der Waals surface area (Å²) in [6, 6.07) is 7.57. The molecular formula is C12H10FN3O2. The van der Waals surface area contributed by atoms with Crippen LogP contribution in [0.3, 0.4) is 0 Å². The first-order chi connectivity index (χ1) is 8.68. The molecule has 0 spiro atoms. The van der Waals surface area contributed by atoms with E-state index in [9.17, 15) is 9.18 Å². The largest absolute Gasteiger partial charge is 0.478 e. The first-order valence-electron chi connectivity index (χ1n) is 5.20. The lowest BCUT2D eigenvalue weighted by Crippen LogP contribution is -2.09. The van der Waals surface area contributed by atoms with Crippen LogP contribution >= 0.6 is 0 Å². The van der Waals surface area contributed by atoms with Crippen LogP contribution in [0.15, 0.2) is 36.5 Å². The molecule has 1 aromatic carbocycles. The minimum atomic E-state index is -1.11. The molecule has 0 bridgehead atoms. The maximum absolute atomic E-state index is 13.4. The summed E-state index contributed by atoms with van der Waals surface area (Å²) < 4.78 is 13.4. The number of halogens is 1. The summed E-state index contributed by atoms with van der Waals surface area (Å²) in [6.45, 7) is 0.144. The molecule has 0 amide bonds. The van der Waals surface area contributed by atoms with E-state index in [1.54, 1.807) is 18.2 Å². The van der Waals surface area contributed by atoms with Crippen molar-refractivity contribution in [1.82, 2.24) is 10.2 Å². The van der Waals surface area contributed by atoms with Gasteiger partial charge in [-0.2, -0.15) is 5.10 Å². The third-order valence-corrected chi connectivity index (χ3v) is 2.36. The number of anilines is 1. The van der Waals surface area contributed by atoms with Gasteiger partial charge in [-0.15, -0.1) is 5.10 Å². The summed E-state index contributed by atoms with van der Waals surface area (Å²) in [6.07, 6.45) is 1.29. The number of carboxylic acid groups (broad SMARTS) is 1. The van der Waals surface area contributed by atoms with Crippen LogP contribution in [0.4, 0.5) is 10.2 Å². The molecule has 0 aliphatic carbocycles. The fourth-order valence-electron chi connectivity index (χ4n) is 1.46. The normalized spacial score (nSPS) is 10.1. The Morgan fingerprint density at radius 2 is 2.11 bits per heavy atom. The predicted molar refractivity (Wildman–Crippen MR) is 62.7 cm³/mol. The van der Waals surface area contributed by atoms with Crippen LogP contribution in [-0.4, -0.2) is 21.3 Å². The summed E-state index contributed by atoms with van der Waals surface area (Å²) in [5.74, 6) is -1.35. The second-order valence-corrected chi connectivity index (χ2v) is 3.54. The molecule has 2 aromatic rings. The Balaban J connectivity index is 2.16. The number of aromatic carboxylic acids is 1. The van der Waals surface area contributed by atoms with Crippen LogP contribution in [0.5, 0.6) is 0 Å². The highest BCUT2D eigenvalue weighted by molar-refractivity contribution is 5.92. The highest BCUT2D eigenvalue weighted by atomic mass is 19.1. The maximum Gasteiger partial charge on any atom is 0.339 e. The minimum absolute atomic E-state index is 0.00124. The van der Waals surface area contributed by atoms with Gasteiger partial charge in [0.15, 0.2) is 5.82 Å². The van der Waals surface area contributed by atoms with Gasteiger partial charge < -0.3 is 10.4 Å². The lowest BCUT2D eigenvalue weighted by molar-refractivity contribution is 0.0697. The van der Waals surface area contributed by atoms with Crippen LogP contribution in [0.25, 0.3) is 0 Å². The van der Waals surface area contributed by atoms with Crippen molar-refractivity contribution in [2.75, 3.05) is 5.32 Å². The van der Waals surface area contributed by atoms with Crippen LogP contribution in [0.2, 0.25) is 0 Å². The average Bonchev–Trinajstić information content (AvgIpc) is 2.38. The third kappa shape index (κ3) is 2.60. The summed E-state index contributed by atoms with van der Waals surface area (Å²) in [5.41, 5.74) is 0.431. The topological polar surface area (TPSA) is 75.1 Å². The summed E-state index contributed by atoms with van der Waals surface area (Å²) in [7, 11) is 0. The first kappa shape index (κ1) is 12.0. The molecule has 0 saturated heterocycles. The van der Waals surface area contributed by atoms with Crippen LogP contribution in [0.1, 0.15) is 15.9 Å². The van der Waals surface area contributed by atoms with Gasteiger partial charge in [-0.25, -0.2) is 9.18 Å². The number of carboxylic acids is 1. The Labute approximate surface area is 102 Å². The van der Waals surface area contributed by atoms with E-state index in [0.717, 1.165) is 0 Å². The standard InChI is InChI=1S/C12H10FN3O2/c13-10-4-2-1-3-8(10)7-14-11-9(12(17)18)5-6-15-16-11/h1-6H,7H2,(H,14,16)(H,17,18). The summed E-state index contributed by atoms with van der Waals surface area (Å²) >= 11 is 0. The van der Waals surface area contributed by atoms with E-state index in [1.807, 2.05) is 0 Å². The van der Waals surface area contributed by atoms with Gasteiger partial charge in [0.1, 0.15) is 11.4 Å². The number of nitrogens with one attached hydrogen (secondary N) is 1. The highest BCUT2D eigenvalue weighted by Crippen LogP contribution is 2.13. The third-order valence-electron chi connectivity index (χ3n) is 2.36. The monoisotopic (exact) mass is 247 g/mol. The number of aromatic nitrogens is 2. The number of carbonyl (C=O) groups is 1. The number of hydrogen-bond donors (Lipinski definition) is 2. The predicted octanol–water partition coefficient (Wildman–Crippen LogP) is 1.93. The molecule has 18 heavy (non-hydrogen) atoms. The van der Waals surface area contributed by atoms with Gasteiger partial charge in [-0.05, 0) is 12.1 Å². The van der Waals surface area contributed by atoms with Crippen molar-refractivity contribution in [2.45, 2.75) is 6.54 Å². The van der Waals surface area contributed by atoms with E-state index < -0.39 is 5.97 Å². The zero-order valence-corrected chi connectivity index (χ0v) is 9.30. The first-order valence-corrected chi connectivity index (χ1v) is 5.20. The molecule has 5 nitrogen and oxygen atoms in total. The molecule has 0 saturated carbocycles. The molecule has 0 radical (unpaired) electrons. The lowest BCUT2D eigenvalue weighted by atomic mass is 10.2. The molecule has 2 rings (SSSR count). The number of rotatable bonds is 4. The van der Waals surface area contributed by atoms with Crippen molar-refractivity contribution in [1.29, 1.82) is 0 Å². The molecule has 0 aliphatic rings. The Morgan fingerprint density at radius 1 is 1.33 bits per heavy atom. The Hall–Kier alpha value is -2.50. The fraction of sp³-hybridized carbons (Fsp3) is 0.0833. The molecule has 1 heterocycles. The van der Waals surface area contributed by atoms with Gasteiger partial charge in [0, 0.05) is 12.1 Å². The number of benzene rings is 1. The maximum atomic E-state index is 13.4. The van der Waals surface area contributed by atoms with Crippen molar-refractivity contribution in [3.63, 3.8) is 0 Å². The fourth-order valence-corrected chi connectivity index (χ4v) is 1.46. The molecule has 0 aliphatic heterocycles. The van der Waals surface area contributed by atoms with Crippen LogP contribution < -0.4 is 5.32 Å². The van der Waals surface area contributed by atoms with Gasteiger partial charge in [-0.1, -0.05) is 18.2 Å². The summed E-state index contributed by atoms with van der Waals surface area (Å²) in [5, 5.41) is 19.0. The second kappa shape index (κ2) is 5.22. The van der Waals surface area contributed by atoms with Gasteiger partial charge >= 0.3 is 5.97 Å². The van der Waals surface area contributed by atoms with E-state index in [4.69, 9.17) is 5.11 Å². The van der Waals surface area contributed by atoms with Crippen molar-refractivity contribution < 1.29 is 14.3 Å². The quantitative estimate of drug-likeness (QED) is 0.863. The molecule has 2 N–H and O–H groups in total. The molecular weight excluding hydrogens is 237 g/mol. The lowest BCUT2D eigenvalue weighted by Gasteiger charge is -2.07. The van der Waals surface area contributed by atoms with Gasteiger partial charge in [0.2, 0.25) is 0 Å². The zero-order chi connectivity index (χ0) is 13.0. The van der Waals surface area contributed by atoms with Gasteiger partial charge in [0.25, 0.3) is 0 Å². The van der Waals surface area contributed by atoms with Crippen molar-refractivity contribution >= 4 is 11.8 Å². The highest BCUT2D eigenvalue weighted by Gasteiger charge is 2.11. The van der Waals surface area contributed by atoms with E-state index in [0.29, 0.717) is 5.56 Å². The molecule has 0 fully saturated rings. The zero-order valence-electron chi connectivity index (χ0n) is 9.30. The molecule has 1 aromatic heterocycles. The van der Waals surface area contributed by atoms with Crippen LogP contribution in [-0.2, 0) is 6.54 Å². The van der Waals surface area contributed by atoms with Crippen LogP contribution in [0, 0.1) is 5.82 Å². The summed E-state index contributed by atoms with van der Waals surface area (Å²) in [4.78, 5) is 10.9. The van der Waals surface area contributed by atoms with E-state index in [2.05, 4.69) is 15.5 Å². The number of nitrogens with zero attached hydrogens (tertiary/aromatic N) is 2. The van der Waals surface area contributed by atoms with Crippen molar-refractivity contribution in [3.05, 3.63) is 53.5 Å². The molecule has 6 heteroatoms. The molecule has 0 unspecified atom stereocenters. The Kier molecular flexibility index (Phi) is 3.47. The van der Waals surface area contributed by atoms with Gasteiger partial charge in [-0.3, -0.25) is 0 Å². The second-order valence-electron chi connectivity index (χ2n) is 3.54. The smallest absolute Gasteiger partial charge is 0.339 e. The van der Waals surface area contributed by atoms with Crippen molar-refractivity contribution in [3.8, 4) is 0 Å². The van der Waals surface area contributed by atoms with Crippen molar-refractivity contribution in [2.24, 2.45) is 0 Å². The van der Waals surface area contributed by atoms with E-state index in [-0.39, 0.29) is 23.7 Å².